The smallest absolute Gasteiger partial charge is 0.303 e. The van der Waals surface area contributed by atoms with Gasteiger partial charge in [0, 0.05) is 12.5 Å². The Balaban J connectivity index is 2.69. The summed E-state index contributed by atoms with van der Waals surface area (Å²) in [4.78, 5) is 23.2. The number of hydrogen-bond donors (Lipinski definition) is 0. The summed E-state index contributed by atoms with van der Waals surface area (Å²) in [6.07, 6.45) is 2.97. The standard InChI is InChI=1S/C15H20O3/c1-3-4-6-11-14(18-12(2)16)15(17)13-9-7-5-8-10-13/h5,7-10,14H,3-4,6,11H2,1-2H3. The maximum atomic E-state index is 12.2. The number of unbranched alkanes of at least 4 members (excludes halogenated alkanes) is 2. The zero-order valence-corrected chi connectivity index (χ0v) is 11.0. The largest absolute Gasteiger partial charge is 0.454 e. The van der Waals surface area contributed by atoms with E-state index in [2.05, 4.69) is 6.92 Å². The highest BCUT2D eigenvalue weighted by Gasteiger charge is 2.22. The van der Waals surface area contributed by atoms with Crippen LogP contribution in [0.4, 0.5) is 0 Å². The Hall–Kier alpha value is -1.64. The molecule has 3 nitrogen and oxygen atoms in total. The molecule has 1 aromatic rings. The van der Waals surface area contributed by atoms with Gasteiger partial charge in [-0.25, -0.2) is 0 Å². The lowest BCUT2D eigenvalue weighted by Crippen LogP contribution is -2.26. The monoisotopic (exact) mass is 248 g/mol. The van der Waals surface area contributed by atoms with Crippen molar-refractivity contribution in [3.8, 4) is 0 Å². The molecule has 1 atom stereocenters. The van der Waals surface area contributed by atoms with Gasteiger partial charge in [-0.3, -0.25) is 9.59 Å². The molecule has 0 aliphatic heterocycles. The maximum absolute atomic E-state index is 12.2. The minimum Gasteiger partial charge on any atom is -0.454 e. The molecule has 0 saturated heterocycles. The van der Waals surface area contributed by atoms with Crippen LogP contribution in [0.2, 0.25) is 0 Å². The van der Waals surface area contributed by atoms with E-state index < -0.39 is 12.1 Å². The molecule has 1 unspecified atom stereocenters. The number of ketones is 1. The average Bonchev–Trinajstić information content (AvgIpc) is 2.37. The number of hydrogen-bond acceptors (Lipinski definition) is 3. The molecular weight excluding hydrogens is 228 g/mol. The van der Waals surface area contributed by atoms with Crippen LogP contribution in [-0.2, 0) is 9.53 Å². The molecule has 1 rings (SSSR count). The molecular formula is C15H20O3. The van der Waals surface area contributed by atoms with Crippen molar-refractivity contribution in [2.24, 2.45) is 0 Å². The highest BCUT2D eigenvalue weighted by molar-refractivity contribution is 6.00. The van der Waals surface area contributed by atoms with E-state index in [-0.39, 0.29) is 5.78 Å². The number of ether oxygens (including phenoxy) is 1. The fourth-order valence-electron chi connectivity index (χ4n) is 1.81. The molecule has 0 aromatic heterocycles. The summed E-state index contributed by atoms with van der Waals surface area (Å²) in [6, 6.07) is 8.97. The van der Waals surface area contributed by atoms with E-state index in [1.54, 1.807) is 12.1 Å². The van der Waals surface area contributed by atoms with Gasteiger partial charge >= 0.3 is 5.97 Å². The summed E-state index contributed by atoms with van der Waals surface area (Å²) >= 11 is 0. The van der Waals surface area contributed by atoms with E-state index in [9.17, 15) is 9.59 Å². The van der Waals surface area contributed by atoms with Gasteiger partial charge in [0.2, 0.25) is 5.78 Å². The number of Topliss-reactive ketones (excluding diaryl/α,β-unsaturated/α-hetero) is 1. The predicted octanol–water partition coefficient (Wildman–Crippen LogP) is 3.38. The SMILES string of the molecule is CCCCCC(OC(C)=O)C(=O)c1ccccc1. The molecule has 0 amide bonds. The van der Waals surface area contributed by atoms with Gasteiger partial charge in [0.15, 0.2) is 6.10 Å². The van der Waals surface area contributed by atoms with Gasteiger partial charge in [-0.15, -0.1) is 0 Å². The average molecular weight is 248 g/mol. The van der Waals surface area contributed by atoms with Crippen LogP contribution in [-0.4, -0.2) is 17.9 Å². The summed E-state index contributed by atoms with van der Waals surface area (Å²) in [5.74, 6) is -0.511. The van der Waals surface area contributed by atoms with Gasteiger partial charge in [-0.1, -0.05) is 50.1 Å². The summed E-state index contributed by atoms with van der Waals surface area (Å²) in [6.45, 7) is 3.44. The predicted molar refractivity (Wildman–Crippen MR) is 70.5 cm³/mol. The Morgan fingerprint density at radius 1 is 1.17 bits per heavy atom. The molecule has 0 saturated carbocycles. The van der Waals surface area contributed by atoms with E-state index >= 15 is 0 Å². The first-order valence-corrected chi connectivity index (χ1v) is 6.41. The van der Waals surface area contributed by atoms with Crippen molar-refractivity contribution < 1.29 is 14.3 Å². The van der Waals surface area contributed by atoms with Gasteiger partial charge < -0.3 is 4.74 Å². The van der Waals surface area contributed by atoms with Gasteiger partial charge in [0.05, 0.1) is 0 Å². The molecule has 0 heterocycles. The fourth-order valence-corrected chi connectivity index (χ4v) is 1.81. The molecule has 0 bridgehead atoms. The Bertz CT molecular complexity index is 384. The van der Waals surface area contributed by atoms with Gasteiger partial charge in [0.1, 0.15) is 0 Å². The van der Waals surface area contributed by atoms with Crippen molar-refractivity contribution in [3.63, 3.8) is 0 Å². The van der Waals surface area contributed by atoms with E-state index in [0.29, 0.717) is 12.0 Å². The summed E-state index contributed by atoms with van der Waals surface area (Å²) in [5, 5.41) is 0. The molecule has 0 aliphatic carbocycles. The van der Waals surface area contributed by atoms with Crippen LogP contribution in [0.15, 0.2) is 30.3 Å². The van der Waals surface area contributed by atoms with Crippen molar-refractivity contribution in [3.05, 3.63) is 35.9 Å². The van der Waals surface area contributed by atoms with Crippen LogP contribution in [0.25, 0.3) is 0 Å². The van der Waals surface area contributed by atoms with Crippen LogP contribution in [0.5, 0.6) is 0 Å². The highest BCUT2D eigenvalue weighted by Crippen LogP contribution is 2.13. The second kappa shape index (κ2) is 7.64. The summed E-state index contributed by atoms with van der Waals surface area (Å²) in [7, 11) is 0. The minimum atomic E-state index is -0.642. The van der Waals surface area contributed by atoms with Crippen LogP contribution in [0.3, 0.4) is 0 Å². The van der Waals surface area contributed by atoms with Crippen molar-refractivity contribution in [2.75, 3.05) is 0 Å². The Kier molecular flexibility index (Phi) is 6.12. The first-order valence-electron chi connectivity index (χ1n) is 6.41. The van der Waals surface area contributed by atoms with Crippen molar-refractivity contribution in [1.82, 2.24) is 0 Å². The van der Waals surface area contributed by atoms with E-state index in [1.807, 2.05) is 18.2 Å². The van der Waals surface area contributed by atoms with Gasteiger partial charge in [0.25, 0.3) is 0 Å². The van der Waals surface area contributed by atoms with Crippen LogP contribution in [0.1, 0.15) is 49.9 Å². The molecule has 1 aromatic carbocycles. The lowest BCUT2D eigenvalue weighted by molar-refractivity contribution is -0.144. The van der Waals surface area contributed by atoms with Crippen LogP contribution >= 0.6 is 0 Å². The highest BCUT2D eigenvalue weighted by atomic mass is 16.5. The molecule has 0 radical (unpaired) electrons. The molecule has 0 aliphatic rings. The van der Waals surface area contributed by atoms with Gasteiger partial charge in [-0.2, -0.15) is 0 Å². The Morgan fingerprint density at radius 2 is 1.83 bits per heavy atom. The zero-order valence-electron chi connectivity index (χ0n) is 11.0. The number of benzene rings is 1. The molecule has 98 valence electrons. The molecule has 18 heavy (non-hydrogen) atoms. The lowest BCUT2D eigenvalue weighted by atomic mass is 10.0. The fraction of sp³-hybridized carbons (Fsp3) is 0.467. The van der Waals surface area contributed by atoms with E-state index in [4.69, 9.17) is 4.74 Å². The number of carbonyl (C=O) groups excluding carboxylic acids is 2. The van der Waals surface area contributed by atoms with Crippen molar-refractivity contribution >= 4 is 11.8 Å². The molecule has 0 fully saturated rings. The molecule has 0 N–H and O–H groups in total. The molecule has 0 spiro atoms. The number of esters is 1. The van der Waals surface area contributed by atoms with E-state index in [1.165, 1.54) is 6.92 Å². The first kappa shape index (κ1) is 14.4. The van der Waals surface area contributed by atoms with E-state index in [0.717, 1.165) is 19.3 Å². The Labute approximate surface area is 108 Å². The second-order valence-corrected chi connectivity index (χ2v) is 4.32. The quantitative estimate of drug-likeness (QED) is 0.422. The third kappa shape index (κ3) is 4.70. The minimum absolute atomic E-state index is 0.109. The first-order chi connectivity index (χ1) is 8.65. The normalized spacial score (nSPS) is 11.9. The lowest BCUT2D eigenvalue weighted by Gasteiger charge is -2.15. The van der Waals surface area contributed by atoms with Crippen molar-refractivity contribution in [2.45, 2.75) is 45.6 Å². The Morgan fingerprint density at radius 3 is 2.39 bits per heavy atom. The molecule has 3 heteroatoms. The third-order valence-corrected chi connectivity index (χ3v) is 2.73. The van der Waals surface area contributed by atoms with Gasteiger partial charge in [-0.05, 0) is 12.8 Å². The topological polar surface area (TPSA) is 43.4 Å². The second-order valence-electron chi connectivity index (χ2n) is 4.32. The number of rotatable bonds is 7. The summed E-state index contributed by atoms with van der Waals surface area (Å²) < 4.78 is 5.12. The number of carbonyl (C=O) groups is 2. The summed E-state index contributed by atoms with van der Waals surface area (Å²) in [5.41, 5.74) is 0.597. The third-order valence-electron chi connectivity index (χ3n) is 2.73. The van der Waals surface area contributed by atoms with Crippen molar-refractivity contribution in [1.29, 1.82) is 0 Å². The zero-order chi connectivity index (χ0) is 13.4. The maximum Gasteiger partial charge on any atom is 0.303 e. The van der Waals surface area contributed by atoms with Crippen LogP contribution in [0, 0.1) is 0 Å². The van der Waals surface area contributed by atoms with Crippen LogP contribution < -0.4 is 0 Å².